The molecule has 8 heteroatoms. The van der Waals surface area contributed by atoms with Crippen LogP contribution in [0, 0.1) is 6.92 Å². The zero-order valence-electron chi connectivity index (χ0n) is 19.2. The summed E-state index contributed by atoms with van der Waals surface area (Å²) in [4.78, 5) is 23.8. The number of ether oxygens (including phenoxy) is 2. The van der Waals surface area contributed by atoms with Crippen LogP contribution in [0.2, 0.25) is 0 Å². The highest BCUT2D eigenvalue weighted by Crippen LogP contribution is 2.36. The van der Waals surface area contributed by atoms with Crippen molar-refractivity contribution >= 4 is 28.3 Å². The molecule has 2 aromatic carbocycles. The van der Waals surface area contributed by atoms with Gasteiger partial charge in [-0.1, -0.05) is 12.1 Å². The molecule has 172 valence electrons. The van der Waals surface area contributed by atoms with E-state index in [9.17, 15) is 4.79 Å². The molecule has 1 saturated heterocycles. The van der Waals surface area contributed by atoms with E-state index in [1.807, 2.05) is 30.3 Å². The van der Waals surface area contributed by atoms with Gasteiger partial charge in [0.05, 0.1) is 12.1 Å². The van der Waals surface area contributed by atoms with Gasteiger partial charge in [0.25, 0.3) is 0 Å². The Hall–Kier alpha value is -3.39. The Morgan fingerprint density at radius 2 is 2.03 bits per heavy atom. The van der Waals surface area contributed by atoms with E-state index < -0.39 is 0 Å². The van der Waals surface area contributed by atoms with Crippen LogP contribution in [0.4, 0.5) is 11.5 Å². The number of nitrogens with zero attached hydrogens (tertiary/aromatic N) is 3. The van der Waals surface area contributed by atoms with E-state index in [0.29, 0.717) is 19.0 Å². The van der Waals surface area contributed by atoms with Gasteiger partial charge >= 0.3 is 0 Å². The van der Waals surface area contributed by atoms with Gasteiger partial charge in [0.2, 0.25) is 12.7 Å². The maximum absolute atomic E-state index is 11.7. The first-order valence-corrected chi connectivity index (χ1v) is 11.4. The maximum atomic E-state index is 11.7. The Morgan fingerprint density at radius 1 is 1.18 bits per heavy atom. The molecule has 5 rings (SSSR count). The number of benzene rings is 2. The molecule has 1 atom stereocenters. The minimum atomic E-state index is 0.136. The fourth-order valence-corrected chi connectivity index (χ4v) is 4.36. The molecule has 0 bridgehead atoms. The lowest BCUT2D eigenvalue weighted by molar-refractivity contribution is -0.119. The highest BCUT2D eigenvalue weighted by molar-refractivity contribution is 5.92. The lowest BCUT2D eigenvalue weighted by Gasteiger charge is -2.28. The van der Waals surface area contributed by atoms with Crippen LogP contribution in [0.15, 0.2) is 36.4 Å². The smallest absolute Gasteiger partial charge is 0.231 e. The van der Waals surface area contributed by atoms with Gasteiger partial charge in [0.1, 0.15) is 11.6 Å². The fourth-order valence-electron chi connectivity index (χ4n) is 4.36. The normalized spacial score (nSPS) is 17.2. The van der Waals surface area contributed by atoms with Crippen molar-refractivity contribution in [2.45, 2.75) is 52.2 Å². The first-order valence-electron chi connectivity index (χ1n) is 11.4. The van der Waals surface area contributed by atoms with Gasteiger partial charge in [-0.3, -0.25) is 9.69 Å². The quantitative estimate of drug-likeness (QED) is 0.568. The molecule has 0 spiro atoms. The van der Waals surface area contributed by atoms with E-state index in [0.717, 1.165) is 58.3 Å². The second kappa shape index (κ2) is 8.86. The molecular formula is C25H29N5O3. The summed E-state index contributed by atoms with van der Waals surface area (Å²) >= 11 is 0. The monoisotopic (exact) mass is 447 g/mol. The molecule has 1 fully saturated rings. The molecule has 0 radical (unpaired) electrons. The maximum Gasteiger partial charge on any atom is 0.231 e. The number of anilines is 2. The number of carbonyl (C=O) groups excluding carboxylic acids is 1. The summed E-state index contributed by atoms with van der Waals surface area (Å²) < 4.78 is 11.0. The summed E-state index contributed by atoms with van der Waals surface area (Å²) in [6, 6.07) is 12.4. The van der Waals surface area contributed by atoms with Gasteiger partial charge in [-0.25, -0.2) is 9.97 Å². The number of rotatable bonds is 7. The highest BCUT2D eigenvalue weighted by Gasteiger charge is 2.25. The highest BCUT2D eigenvalue weighted by atomic mass is 16.7. The average Bonchev–Trinajstić information content (AvgIpc) is 3.42. The lowest BCUT2D eigenvalue weighted by Crippen LogP contribution is -2.42. The molecule has 8 nitrogen and oxygen atoms in total. The molecule has 2 aliphatic heterocycles. The van der Waals surface area contributed by atoms with Gasteiger partial charge in [-0.05, 0) is 51.0 Å². The molecular weight excluding hydrogens is 418 g/mol. The van der Waals surface area contributed by atoms with Crippen molar-refractivity contribution in [2.75, 3.05) is 18.7 Å². The third kappa shape index (κ3) is 4.57. The number of amides is 1. The molecule has 2 aliphatic rings. The zero-order chi connectivity index (χ0) is 22.9. The number of aromatic nitrogens is 2. The predicted molar refractivity (Wildman–Crippen MR) is 127 cm³/mol. The third-order valence-electron chi connectivity index (χ3n) is 6.22. The molecule has 0 saturated carbocycles. The van der Waals surface area contributed by atoms with Crippen molar-refractivity contribution in [1.82, 2.24) is 20.2 Å². The molecule has 0 aliphatic carbocycles. The minimum Gasteiger partial charge on any atom is -0.454 e. The zero-order valence-corrected chi connectivity index (χ0v) is 19.2. The summed E-state index contributed by atoms with van der Waals surface area (Å²) in [5, 5.41) is 7.50. The Labute approximate surface area is 193 Å². The number of nitrogens with one attached hydrogen (secondary N) is 2. The van der Waals surface area contributed by atoms with Gasteiger partial charge in [-0.2, -0.15) is 0 Å². The number of aryl methyl sites for hydroxylation is 1. The molecule has 33 heavy (non-hydrogen) atoms. The van der Waals surface area contributed by atoms with Crippen molar-refractivity contribution in [3.05, 3.63) is 47.8 Å². The van der Waals surface area contributed by atoms with Crippen LogP contribution in [-0.2, 0) is 11.3 Å². The van der Waals surface area contributed by atoms with Crippen LogP contribution in [-0.4, -0.2) is 46.2 Å². The Bertz CT molecular complexity index is 1200. The summed E-state index contributed by atoms with van der Waals surface area (Å²) in [6.45, 7) is 8.01. The molecule has 1 aromatic heterocycles. The van der Waals surface area contributed by atoms with Crippen molar-refractivity contribution < 1.29 is 14.3 Å². The molecule has 2 N–H and O–H groups in total. The number of carbonyl (C=O) groups is 1. The van der Waals surface area contributed by atoms with E-state index in [-0.39, 0.29) is 18.7 Å². The van der Waals surface area contributed by atoms with E-state index in [4.69, 9.17) is 19.4 Å². The van der Waals surface area contributed by atoms with Gasteiger partial charge < -0.3 is 20.1 Å². The van der Waals surface area contributed by atoms with Crippen molar-refractivity contribution in [3.8, 4) is 11.5 Å². The Balaban J connectivity index is 1.46. The standard InChI is InChI=1S/C25H29N5O3/c1-15(2)30(12-18-8-10-23(31)26-18)13-22-28-24-16(3)5-4-6-19(24)25(29-22)27-17-7-9-20-21(11-17)33-14-32-20/h4-7,9,11,15,18H,8,10,12-14H2,1-3H3,(H,26,31)(H,27,28,29). The van der Waals surface area contributed by atoms with Gasteiger partial charge in [0.15, 0.2) is 11.5 Å². The number of fused-ring (bicyclic) bond motifs is 2. The molecule has 3 aromatic rings. The fraction of sp³-hybridized carbons (Fsp3) is 0.400. The SMILES string of the molecule is Cc1cccc2c(Nc3ccc4c(c3)OCO4)nc(CN(CC3CCC(=O)N3)C(C)C)nc12. The summed E-state index contributed by atoms with van der Waals surface area (Å²) in [5.74, 6) is 3.11. The molecule has 3 heterocycles. The average molecular weight is 448 g/mol. The summed E-state index contributed by atoms with van der Waals surface area (Å²) in [6.07, 6.45) is 1.47. The largest absolute Gasteiger partial charge is 0.454 e. The van der Waals surface area contributed by atoms with Crippen LogP contribution in [0.3, 0.4) is 0 Å². The summed E-state index contributed by atoms with van der Waals surface area (Å²) in [5.41, 5.74) is 2.91. The van der Waals surface area contributed by atoms with Crippen LogP contribution >= 0.6 is 0 Å². The second-order valence-corrected chi connectivity index (χ2v) is 8.98. The first kappa shape index (κ1) is 21.5. The van der Waals surface area contributed by atoms with Crippen LogP contribution in [0.1, 0.15) is 38.1 Å². The van der Waals surface area contributed by atoms with Crippen molar-refractivity contribution in [2.24, 2.45) is 0 Å². The molecule has 1 amide bonds. The second-order valence-electron chi connectivity index (χ2n) is 8.98. The number of para-hydroxylation sites is 1. The third-order valence-corrected chi connectivity index (χ3v) is 6.22. The van der Waals surface area contributed by atoms with E-state index in [1.54, 1.807) is 0 Å². The summed E-state index contributed by atoms with van der Waals surface area (Å²) in [7, 11) is 0. The predicted octanol–water partition coefficient (Wildman–Crippen LogP) is 3.90. The van der Waals surface area contributed by atoms with Crippen LogP contribution in [0.25, 0.3) is 10.9 Å². The molecule has 1 unspecified atom stereocenters. The van der Waals surface area contributed by atoms with Crippen LogP contribution in [0.5, 0.6) is 11.5 Å². The number of hydrogen-bond acceptors (Lipinski definition) is 7. The lowest BCUT2D eigenvalue weighted by atomic mass is 10.1. The Morgan fingerprint density at radius 3 is 2.82 bits per heavy atom. The van der Waals surface area contributed by atoms with Gasteiger partial charge in [0, 0.05) is 42.2 Å². The topological polar surface area (TPSA) is 88.6 Å². The van der Waals surface area contributed by atoms with E-state index >= 15 is 0 Å². The number of hydrogen-bond donors (Lipinski definition) is 2. The Kier molecular flexibility index (Phi) is 5.76. The minimum absolute atomic E-state index is 0.136. The van der Waals surface area contributed by atoms with Crippen molar-refractivity contribution in [3.63, 3.8) is 0 Å². The van der Waals surface area contributed by atoms with Crippen LogP contribution < -0.4 is 20.1 Å². The van der Waals surface area contributed by atoms with E-state index in [2.05, 4.69) is 42.4 Å². The first-order chi connectivity index (χ1) is 16.0. The van der Waals surface area contributed by atoms with Gasteiger partial charge in [-0.15, -0.1) is 0 Å². The van der Waals surface area contributed by atoms with E-state index in [1.165, 1.54) is 0 Å². The van der Waals surface area contributed by atoms with Crippen molar-refractivity contribution in [1.29, 1.82) is 0 Å².